The largest absolute Gasteiger partial charge is 0.457 e. The molecule has 0 aliphatic heterocycles. The molecule has 4 rings (SSSR count). The van der Waals surface area contributed by atoms with Crippen LogP contribution in [0.15, 0.2) is 54.6 Å². The zero-order valence-electron chi connectivity index (χ0n) is 12.8. The van der Waals surface area contributed by atoms with Gasteiger partial charge in [0.2, 0.25) is 5.13 Å². The van der Waals surface area contributed by atoms with Gasteiger partial charge in [0, 0.05) is 11.5 Å². The average Bonchev–Trinajstić information content (AvgIpc) is 3.36. The first kappa shape index (κ1) is 14.8. The molecule has 1 fully saturated rings. The molecule has 0 unspecified atom stereocenters. The maximum absolute atomic E-state index is 12.3. The Labute approximate surface area is 143 Å². The van der Waals surface area contributed by atoms with Crippen molar-refractivity contribution in [3.8, 4) is 11.5 Å². The number of nitrogens with one attached hydrogen (secondary N) is 1. The Morgan fingerprint density at radius 2 is 1.71 bits per heavy atom. The van der Waals surface area contributed by atoms with E-state index in [-0.39, 0.29) is 5.91 Å². The van der Waals surface area contributed by atoms with Crippen molar-refractivity contribution < 1.29 is 9.53 Å². The molecule has 1 aliphatic carbocycles. The summed E-state index contributed by atoms with van der Waals surface area (Å²) in [4.78, 5) is 12.3. The van der Waals surface area contributed by atoms with Gasteiger partial charge < -0.3 is 4.74 Å². The number of aromatic nitrogens is 2. The minimum Gasteiger partial charge on any atom is -0.457 e. The number of para-hydroxylation sites is 1. The van der Waals surface area contributed by atoms with Crippen LogP contribution in [0.1, 0.15) is 34.1 Å². The fourth-order valence-corrected chi connectivity index (χ4v) is 3.16. The van der Waals surface area contributed by atoms with Gasteiger partial charge in [-0.1, -0.05) is 29.5 Å². The van der Waals surface area contributed by atoms with Crippen molar-refractivity contribution in [1.29, 1.82) is 0 Å². The Balaban J connectivity index is 1.40. The van der Waals surface area contributed by atoms with Gasteiger partial charge in [-0.05, 0) is 49.2 Å². The summed E-state index contributed by atoms with van der Waals surface area (Å²) in [6.45, 7) is 0. The van der Waals surface area contributed by atoms with Crippen molar-refractivity contribution in [2.75, 3.05) is 5.32 Å². The smallest absolute Gasteiger partial charge is 0.257 e. The van der Waals surface area contributed by atoms with Crippen molar-refractivity contribution in [2.45, 2.75) is 18.8 Å². The van der Waals surface area contributed by atoms with E-state index >= 15 is 0 Å². The summed E-state index contributed by atoms with van der Waals surface area (Å²) < 4.78 is 5.72. The van der Waals surface area contributed by atoms with Gasteiger partial charge in [-0.25, -0.2) is 0 Å². The fraction of sp³-hybridized carbons (Fsp3) is 0.167. The van der Waals surface area contributed by atoms with Gasteiger partial charge in [0.15, 0.2) is 0 Å². The average molecular weight is 337 g/mol. The maximum atomic E-state index is 12.3. The number of benzene rings is 2. The van der Waals surface area contributed by atoms with Crippen LogP contribution < -0.4 is 10.1 Å². The first-order valence-corrected chi connectivity index (χ1v) is 8.57. The van der Waals surface area contributed by atoms with Crippen LogP contribution in [0.2, 0.25) is 0 Å². The molecule has 0 bridgehead atoms. The number of nitrogens with zero attached hydrogens (tertiary/aromatic N) is 2. The number of amides is 1. The number of ether oxygens (including phenoxy) is 1. The third-order valence-electron chi connectivity index (χ3n) is 3.68. The minimum atomic E-state index is -0.195. The van der Waals surface area contributed by atoms with Crippen LogP contribution in [0, 0.1) is 0 Å². The topological polar surface area (TPSA) is 64.1 Å². The number of hydrogen-bond donors (Lipinski definition) is 1. The van der Waals surface area contributed by atoms with Gasteiger partial charge in [-0.15, -0.1) is 10.2 Å². The quantitative estimate of drug-likeness (QED) is 0.746. The van der Waals surface area contributed by atoms with Gasteiger partial charge >= 0.3 is 0 Å². The second kappa shape index (κ2) is 6.41. The SMILES string of the molecule is O=C(Nc1nnc(C2CC2)s1)c1ccc(Oc2ccccc2)cc1. The van der Waals surface area contributed by atoms with Gasteiger partial charge in [0.25, 0.3) is 5.91 Å². The van der Waals surface area contributed by atoms with Gasteiger partial charge in [0.05, 0.1) is 0 Å². The molecule has 1 amide bonds. The van der Waals surface area contributed by atoms with Gasteiger partial charge in [-0.2, -0.15) is 0 Å². The molecule has 5 nitrogen and oxygen atoms in total. The molecule has 2 aromatic carbocycles. The molecule has 1 N–H and O–H groups in total. The maximum Gasteiger partial charge on any atom is 0.257 e. The number of carbonyl (C=O) groups is 1. The van der Waals surface area contributed by atoms with Gasteiger partial charge in [0.1, 0.15) is 16.5 Å². The highest BCUT2D eigenvalue weighted by Gasteiger charge is 2.27. The molecule has 1 aliphatic rings. The lowest BCUT2D eigenvalue weighted by Crippen LogP contribution is -2.11. The van der Waals surface area contributed by atoms with Gasteiger partial charge in [-0.3, -0.25) is 10.1 Å². The predicted octanol–water partition coefficient (Wildman–Crippen LogP) is 4.46. The molecule has 1 aromatic heterocycles. The number of hydrogen-bond acceptors (Lipinski definition) is 5. The van der Waals surface area contributed by atoms with E-state index < -0.39 is 0 Å². The van der Waals surface area contributed by atoms with Crippen molar-refractivity contribution in [1.82, 2.24) is 10.2 Å². The van der Waals surface area contributed by atoms with Crippen molar-refractivity contribution >= 4 is 22.4 Å². The Kier molecular flexibility index (Phi) is 3.96. The molecule has 3 aromatic rings. The Morgan fingerprint density at radius 1 is 1.00 bits per heavy atom. The van der Waals surface area contributed by atoms with Crippen LogP contribution in [0.25, 0.3) is 0 Å². The van der Waals surface area contributed by atoms with E-state index in [1.807, 2.05) is 30.3 Å². The van der Waals surface area contributed by atoms with Crippen LogP contribution >= 0.6 is 11.3 Å². The zero-order valence-corrected chi connectivity index (χ0v) is 13.6. The standard InChI is InChI=1S/C18H15N3O2S/c22-16(19-18-21-20-17(24-18)13-6-7-13)12-8-10-15(11-9-12)23-14-4-2-1-3-5-14/h1-5,8-11,13H,6-7H2,(H,19,21,22). The molecule has 0 radical (unpaired) electrons. The summed E-state index contributed by atoms with van der Waals surface area (Å²) in [5, 5.41) is 12.5. The molecule has 120 valence electrons. The monoisotopic (exact) mass is 337 g/mol. The summed E-state index contributed by atoms with van der Waals surface area (Å²) in [6.07, 6.45) is 2.34. The Hall–Kier alpha value is -2.73. The van der Waals surface area contributed by atoms with E-state index in [0.29, 0.717) is 22.4 Å². The summed E-state index contributed by atoms with van der Waals surface area (Å²) >= 11 is 1.45. The first-order chi connectivity index (χ1) is 11.8. The zero-order chi connectivity index (χ0) is 16.4. The first-order valence-electron chi connectivity index (χ1n) is 7.76. The second-order valence-corrected chi connectivity index (χ2v) is 6.62. The highest BCUT2D eigenvalue weighted by Crippen LogP contribution is 2.42. The molecule has 0 atom stereocenters. The highest BCUT2D eigenvalue weighted by atomic mass is 32.1. The molecule has 1 saturated carbocycles. The second-order valence-electron chi connectivity index (χ2n) is 5.61. The Bertz CT molecular complexity index is 842. The highest BCUT2D eigenvalue weighted by molar-refractivity contribution is 7.15. The molecule has 0 saturated heterocycles. The van der Waals surface area contributed by atoms with Crippen molar-refractivity contribution in [3.05, 3.63) is 65.2 Å². The van der Waals surface area contributed by atoms with Crippen LogP contribution in [-0.2, 0) is 0 Å². The predicted molar refractivity (Wildman–Crippen MR) is 92.8 cm³/mol. The van der Waals surface area contributed by atoms with E-state index in [4.69, 9.17) is 4.74 Å². The molecule has 24 heavy (non-hydrogen) atoms. The molecule has 0 spiro atoms. The summed E-state index contributed by atoms with van der Waals surface area (Å²) in [5.74, 6) is 1.79. The molecule has 6 heteroatoms. The summed E-state index contributed by atoms with van der Waals surface area (Å²) in [6, 6.07) is 16.5. The third kappa shape index (κ3) is 3.44. The van der Waals surface area contributed by atoms with Crippen LogP contribution in [0.4, 0.5) is 5.13 Å². The normalized spacial score (nSPS) is 13.5. The minimum absolute atomic E-state index is 0.195. The lowest BCUT2D eigenvalue weighted by atomic mass is 10.2. The molecule has 1 heterocycles. The molecular weight excluding hydrogens is 322 g/mol. The lowest BCUT2D eigenvalue weighted by Gasteiger charge is -2.06. The summed E-state index contributed by atoms with van der Waals surface area (Å²) in [7, 11) is 0. The third-order valence-corrected chi connectivity index (χ3v) is 4.68. The van der Waals surface area contributed by atoms with E-state index in [9.17, 15) is 4.79 Å². The van der Waals surface area contributed by atoms with Crippen LogP contribution in [0.3, 0.4) is 0 Å². The Morgan fingerprint density at radius 3 is 2.42 bits per heavy atom. The number of anilines is 1. The van der Waals surface area contributed by atoms with E-state index in [0.717, 1.165) is 10.8 Å². The van der Waals surface area contributed by atoms with Crippen molar-refractivity contribution in [3.63, 3.8) is 0 Å². The van der Waals surface area contributed by atoms with E-state index in [1.165, 1.54) is 24.2 Å². The number of carbonyl (C=O) groups excluding carboxylic acids is 1. The lowest BCUT2D eigenvalue weighted by molar-refractivity contribution is 0.102. The van der Waals surface area contributed by atoms with E-state index in [2.05, 4.69) is 15.5 Å². The van der Waals surface area contributed by atoms with Crippen LogP contribution in [0.5, 0.6) is 11.5 Å². The number of rotatable bonds is 5. The molecular formula is C18H15N3O2S. The summed E-state index contributed by atoms with van der Waals surface area (Å²) in [5.41, 5.74) is 0.554. The fourth-order valence-electron chi connectivity index (χ4n) is 2.25. The van der Waals surface area contributed by atoms with E-state index in [1.54, 1.807) is 24.3 Å². The van der Waals surface area contributed by atoms with Crippen molar-refractivity contribution in [2.24, 2.45) is 0 Å². The van der Waals surface area contributed by atoms with Crippen LogP contribution in [-0.4, -0.2) is 16.1 Å².